The van der Waals surface area contributed by atoms with Crippen molar-refractivity contribution < 1.29 is 4.79 Å². The van der Waals surface area contributed by atoms with E-state index in [1.54, 1.807) is 0 Å². The van der Waals surface area contributed by atoms with Crippen LogP contribution in [0.4, 0.5) is 0 Å². The van der Waals surface area contributed by atoms with Crippen molar-refractivity contribution in [3.05, 3.63) is 12.7 Å². The largest absolute Gasteiger partial charge is 0.299 e. The molecule has 1 aliphatic carbocycles. The summed E-state index contributed by atoms with van der Waals surface area (Å²) in [6.07, 6.45) is 4.49. The van der Waals surface area contributed by atoms with Crippen LogP contribution < -0.4 is 0 Å². The summed E-state index contributed by atoms with van der Waals surface area (Å²) in [5.41, 5.74) is 0. The molecular formula is C9H14O. The van der Waals surface area contributed by atoms with Crippen LogP contribution in [-0.4, -0.2) is 5.78 Å². The molecule has 1 rings (SSSR count). The van der Waals surface area contributed by atoms with Gasteiger partial charge in [-0.25, -0.2) is 0 Å². The smallest absolute Gasteiger partial charge is 0.136 e. The molecule has 2 atom stereocenters. The lowest BCUT2D eigenvalue weighted by molar-refractivity contribution is -0.120. The Kier molecular flexibility index (Phi) is 2.25. The summed E-state index contributed by atoms with van der Waals surface area (Å²) in [4.78, 5) is 11.1. The standard InChI is InChI=1S/C9H14O/c1-3-4-5-9(10)8-6-7(8)2/h3,7-8H,1,4-6H2,2H3. The molecule has 2 unspecified atom stereocenters. The monoisotopic (exact) mass is 138 g/mol. The molecule has 0 aromatic heterocycles. The highest BCUT2D eigenvalue weighted by Gasteiger charge is 2.37. The molecule has 0 aromatic carbocycles. The van der Waals surface area contributed by atoms with Gasteiger partial charge in [-0.15, -0.1) is 6.58 Å². The summed E-state index contributed by atoms with van der Waals surface area (Å²) in [5.74, 6) is 1.50. The van der Waals surface area contributed by atoms with Gasteiger partial charge in [0.05, 0.1) is 0 Å². The maximum Gasteiger partial charge on any atom is 0.136 e. The van der Waals surface area contributed by atoms with Crippen molar-refractivity contribution in [2.24, 2.45) is 11.8 Å². The fourth-order valence-electron chi connectivity index (χ4n) is 1.20. The van der Waals surface area contributed by atoms with E-state index < -0.39 is 0 Å². The number of carbonyl (C=O) groups excluding carboxylic acids is 1. The number of ketones is 1. The Morgan fingerprint density at radius 2 is 2.40 bits per heavy atom. The van der Waals surface area contributed by atoms with E-state index in [1.165, 1.54) is 0 Å². The molecule has 0 heterocycles. The Bertz CT molecular complexity index is 149. The maximum absolute atomic E-state index is 11.1. The first-order valence-electron chi connectivity index (χ1n) is 3.89. The van der Waals surface area contributed by atoms with Gasteiger partial charge in [0.25, 0.3) is 0 Å². The summed E-state index contributed by atoms with van der Waals surface area (Å²) in [6.45, 7) is 5.71. The molecule has 56 valence electrons. The van der Waals surface area contributed by atoms with Crippen LogP contribution in [0.25, 0.3) is 0 Å². The third-order valence-corrected chi connectivity index (χ3v) is 2.12. The third kappa shape index (κ3) is 1.69. The van der Waals surface area contributed by atoms with E-state index in [4.69, 9.17) is 0 Å². The molecule has 1 heteroatoms. The number of hydrogen-bond donors (Lipinski definition) is 0. The van der Waals surface area contributed by atoms with E-state index in [2.05, 4.69) is 13.5 Å². The summed E-state index contributed by atoms with van der Waals surface area (Å²) >= 11 is 0. The highest BCUT2D eigenvalue weighted by Crippen LogP contribution is 2.39. The van der Waals surface area contributed by atoms with Crippen LogP contribution in [0.5, 0.6) is 0 Å². The van der Waals surface area contributed by atoms with Gasteiger partial charge in [0.15, 0.2) is 0 Å². The van der Waals surface area contributed by atoms with Crippen molar-refractivity contribution in [1.29, 1.82) is 0 Å². The van der Waals surface area contributed by atoms with Crippen molar-refractivity contribution >= 4 is 5.78 Å². The van der Waals surface area contributed by atoms with Gasteiger partial charge in [-0.1, -0.05) is 13.0 Å². The minimum absolute atomic E-state index is 0.403. The molecule has 0 saturated heterocycles. The Morgan fingerprint density at radius 3 is 2.80 bits per heavy atom. The molecule has 0 bridgehead atoms. The van der Waals surface area contributed by atoms with Gasteiger partial charge < -0.3 is 0 Å². The maximum atomic E-state index is 11.1. The first-order valence-corrected chi connectivity index (χ1v) is 3.89. The molecule has 0 amide bonds. The minimum atomic E-state index is 0.403. The predicted molar refractivity (Wildman–Crippen MR) is 41.7 cm³/mol. The molecule has 1 fully saturated rings. The zero-order valence-corrected chi connectivity index (χ0v) is 6.47. The number of rotatable bonds is 4. The van der Waals surface area contributed by atoms with Crippen LogP contribution >= 0.6 is 0 Å². The van der Waals surface area contributed by atoms with Gasteiger partial charge >= 0.3 is 0 Å². The average molecular weight is 138 g/mol. The SMILES string of the molecule is C=CCCC(=O)C1CC1C. The van der Waals surface area contributed by atoms with Crippen LogP contribution in [0, 0.1) is 11.8 Å². The third-order valence-electron chi connectivity index (χ3n) is 2.12. The van der Waals surface area contributed by atoms with Gasteiger partial charge in [-0.05, 0) is 18.8 Å². The predicted octanol–water partition coefficient (Wildman–Crippen LogP) is 2.18. The molecular weight excluding hydrogens is 124 g/mol. The fourth-order valence-corrected chi connectivity index (χ4v) is 1.20. The summed E-state index contributed by atoms with van der Waals surface area (Å²) in [6, 6.07) is 0. The second kappa shape index (κ2) is 3.00. The molecule has 1 nitrogen and oxygen atoms in total. The Balaban J connectivity index is 2.16. The molecule has 1 aliphatic rings. The second-order valence-corrected chi connectivity index (χ2v) is 3.11. The summed E-state index contributed by atoms with van der Waals surface area (Å²) in [7, 11) is 0. The van der Waals surface area contributed by atoms with Gasteiger partial charge in [0.2, 0.25) is 0 Å². The van der Waals surface area contributed by atoms with Gasteiger partial charge in [0.1, 0.15) is 5.78 Å². The van der Waals surface area contributed by atoms with Crippen molar-refractivity contribution in [2.45, 2.75) is 26.2 Å². The lowest BCUT2D eigenvalue weighted by Crippen LogP contribution is -2.00. The number of Topliss-reactive ketones (excluding diaryl/α,β-unsaturated/α-hetero) is 1. The minimum Gasteiger partial charge on any atom is -0.299 e. The molecule has 1 saturated carbocycles. The van der Waals surface area contributed by atoms with E-state index in [0.29, 0.717) is 24.0 Å². The molecule has 0 N–H and O–H groups in total. The molecule has 0 spiro atoms. The summed E-state index contributed by atoms with van der Waals surface area (Å²) < 4.78 is 0. The molecule has 10 heavy (non-hydrogen) atoms. The summed E-state index contributed by atoms with van der Waals surface area (Å²) in [5, 5.41) is 0. The van der Waals surface area contributed by atoms with E-state index in [0.717, 1.165) is 12.8 Å². The zero-order valence-electron chi connectivity index (χ0n) is 6.47. The van der Waals surface area contributed by atoms with Crippen molar-refractivity contribution in [2.75, 3.05) is 0 Å². The second-order valence-electron chi connectivity index (χ2n) is 3.11. The fraction of sp³-hybridized carbons (Fsp3) is 0.667. The highest BCUT2D eigenvalue weighted by atomic mass is 16.1. The van der Waals surface area contributed by atoms with Gasteiger partial charge in [-0.3, -0.25) is 4.79 Å². The van der Waals surface area contributed by atoms with Crippen LogP contribution in [0.2, 0.25) is 0 Å². The Labute approximate surface area is 62.1 Å². The Hall–Kier alpha value is -0.590. The first kappa shape index (κ1) is 7.52. The molecule has 0 aromatic rings. The van der Waals surface area contributed by atoms with Crippen molar-refractivity contribution in [1.82, 2.24) is 0 Å². The van der Waals surface area contributed by atoms with E-state index in [-0.39, 0.29) is 0 Å². The number of hydrogen-bond acceptors (Lipinski definition) is 1. The van der Waals surface area contributed by atoms with Crippen LogP contribution in [-0.2, 0) is 4.79 Å². The van der Waals surface area contributed by atoms with Crippen LogP contribution in [0.15, 0.2) is 12.7 Å². The molecule has 0 aliphatic heterocycles. The first-order chi connectivity index (χ1) is 4.75. The lowest BCUT2D eigenvalue weighted by atomic mass is 10.1. The van der Waals surface area contributed by atoms with Crippen LogP contribution in [0.3, 0.4) is 0 Å². The number of allylic oxidation sites excluding steroid dienone is 1. The van der Waals surface area contributed by atoms with Gasteiger partial charge in [-0.2, -0.15) is 0 Å². The van der Waals surface area contributed by atoms with Crippen molar-refractivity contribution in [3.8, 4) is 0 Å². The quantitative estimate of drug-likeness (QED) is 0.544. The van der Waals surface area contributed by atoms with Crippen LogP contribution in [0.1, 0.15) is 26.2 Å². The molecule has 0 radical (unpaired) electrons. The highest BCUT2D eigenvalue weighted by molar-refractivity contribution is 5.83. The zero-order chi connectivity index (χ0) is 7.56. The van der Waals surface area contributed by atoms with Gasteiger partial charge in [0, 0.05) is 12.3 Å². The van der Waals surface area contributed by atoms with E-state index in [9.17, 15) is 4.79 Å². The topological polar surface area (TPSA) is 17.1 Å². The lowest BCUT2D eigenvalue weighted by Gasteiger charge is -1.92. The average Bonchev–Trinajstić information content (AvgIpc) is 2.62. The Morgan fingerprint density at radius 1 is 1.80 bits per heavy atom. The van der Waals surface area contributed by atoms with E-state index in [1.807, 2.05) is 6.08 Å². The normalized spacial score (nSPS) is 29.7. The number of carbonyl (C=O) groups is 1. The van der Waals surface area contributed by atoms with E-state index >= 15 is 0 Å². The van der Waals surface area contributed by atoms with Crippen molar-refractivity contribution in [3.63, 3.8) is 0 Å².